The maximum atomic E-state index is 9.68. The van der Waals surface area contributed by atoms with Crippen LogP contribution < -0.4 is 0 Å². The van der Waals surface area contributed by atoms with E-state index in [1.54, 1.807) is 13.8 Å². The van der Waals surface area contributed by atoms with Crippen LogP contribution in [0.5, 0.6) is 0 Å². The fraction of sp³-hybridized carbons (Fsp3) is 0.333. The van der Waals surface area contributed by atoms with E-state index < -0.39 is 5.60 Å². The van der Waals surface area contributed by atoms with Crippen molar-refractivity contribution < 1.29 is 9.52 Å². The Bertz CT molecular complexity index is 480. The highest BCUT2D eigenvalue weighted by Gasteiger charge is 2.16. The highest BCUT2D eigenvalue weighted by Crippen LogP contribution is 2.25. The van der Waals surface area contributed by atoms with Gasteiger partial charge >= 0.3 is 0 Å². The van der Waals surface area contributed by atoms with E-state index in [4.69, 9.17) is 4.42 Å². The van der Waals surface area contributed by atoms with Crippen LogP contribution >= 0.6 is 15.9 Å². The lowest BCUT2D eigenvalue weighted by molar-refractivity contribution is 0.0757. The molecule has 2 aromatic rings. The number of fused-ring (bicyclic) bond motifs is 1. The number of hydrogen-bond acceptors (Lipinski definition) is 2. The van der Waals surface area contributed by atoms with Crippen LogP contribution in [0.3, 0.4) is 0 Å². The summed E-state index contributed by atoms with van der Waals surface area (Å²) in [4.78, 5) is 0. The molecule has 1 aromatic heterocycles. The van der Waals surface area contributed by atoms with Crippen molar-refractivity contribution >= 4 is 26.9 Å². The second-order valence-corrected chi connectivity index (χ2v) is 5.30. The summed E-state index contributed by atoms with van der Waals surface area (Å²) in [7, 11) is 0. The van der Waals surface area contributed by atoms with Gasteiger partial charge in [0.05, 0.1) is 5.60 Å². The van der Waals surface area contributed by atoms with Gasteiger partial charge in [0.15, 0.2) is 0 Å². The van der Waals surface area contributed by atoms with Gasteiger partial charge < -0.3 is 9.52 Å². The quantitative estimate of drug-likeness (QED) is 0.905. The van der Waals surface area contributed by atoms with E-state index in [0.29, 0.717) is 6.42 Å². The number of hydrogen-bond donors (Lipinski definition) is 1. The predicted octanol–water partition coefficient (Wildman–Crippen LogP) is 3.51. The minimum atomic E-state index is -0.731. The Morgan fingerprint density at radius 1 is 1.33 bits per heavy atom. The normalized spacial score (nSPS) is 12.3. The first-order valence-corrected chi connectivity index (χ1v) is 5.64. The van der Waals surface area contributed by atoms with Crippen molar-refractivity contribution in [3.8, 4) is 0 Å². The predicted molar refractivity (Wildman–Crippen MR) is 63.9 cm³/mol. The SMILES string of the molecule is CC(C)(O)Cc1cc2cc(Br)ccc2o1. The van der Waals surface area contributed by atoms with E-state index in [0.717, 1.165) is 21.2 Å². The molecule has 15 heavy (non-hydrogen) atoms. The summed E-state index contributed by atoms with van der Waals surface area (Å²) in [6.45, 7) is 3.55. The molecule has 1 aromatic carbocycles. The topological polar surface area (TPSA) is 33.4 Å². The largest absolute Gasteiger partial charge is 0.461 e. The standard InChI is InChI=1S/C12H13BrO2/c1-12(2,14)7-10-6-8-5-9(13)3-4-11(8)15-10/h3-6,14H,7H2,1-2H3. The molecule has 0 spiro atoms. The smallest absolute Gasteiger partial charge is 0.134 e. The molecular weight excluding hydrogens is 256 g/mol. The zero-order valence-electron chi connectivity index (χ0n) is 8.75. The van der Waals surface area contributed by atoms with Crippen LogP contribution in [-0.2, 0) is 6.42 Å². The lowest BCUT2D eigenvalue weighted by atomic mass is 10.0. The van der Waals surface area contributed by atoms with Crippen molar-refractivity contribution in [3.63, 3.8) is 0 Å². The summed E-state index contributed by atoms with van der Waals surface area (Å²) < 4.78 is 6.65. The molecule has 0 aliphatic carbocycles. The summed E-state index contributed by atoms with van der Waals surface area (Å²) in [6.07, 6.45) is 0.527. The molecule has 0 atom stereocenters. The van der Waals surface area contributed by atoms with Crippen LogP contribution in [-0.4, -0.2) is 10.7 Å². The molecule has 3 heteroatoms. The molecule has 1 N–H and O–H groups in total. The number of furan rings is 1. The highest BCUT2D eigenvalue weighted by atomic mass is 79.9. The van der Waals surface area contributed by atoms with E-state index in [9.17, 15) is 5.11 Å². The second-order valence-electron chi connectivity index (χ2n) is 4.38. The molecule has 80 valence electrons. The van der Waals surface area contributed by atoms with Crippen molar-refractivity contribution in [1.82, 2.24) is 0 Å². The number of halogens is 1. The summed E-state index contributed by atoms with van der Waals surface area (Å²) in [5.74, 6) is 0.815. The van der Waals surface area contributed by atoms with Crippen molar-refractivity contribution in [3.05, 3.63) is 34.5 Å². The van der Waals surface area contributed by atoms with Gasteiger partial charge in [-0.25, -0.2) is 0 Å². The van der Waals surface area contributed by atoms with Crippen molar-refractivity contribution in [1.29, 1.82) is 0 Å². The first kappa shape index (κ1) is 10.7. The molecule has 0 aliphatic rings. The van der Waals surface area contributed by atoms with Gasteiger partial charge in [0.25, 0.3) is 0 Å². The summed E-state index contributed by atoms with van der Waals surface area (Å²) in [6, 6.07) is 7.85. The molecule has 2 nitrogen and oxygen atoms in total. The fourth-order valence-electron chi connectivity index (χ4n) is 1.58. The monoisotopic (exact) mass is 268 g/mol. The Kier molecular flexibility index (Phi) is 2.61. The van der Waals surface area contributed by atoms with Gasteiger partial charge in [-0.15, -0.1) is 0 Å². The molecule has 0 bridgehead atoms. The molecule has 1 heterocycles. The Balaban J connectivity index is 2.39. The first-order valence-electron chi connectivity index (χ1n) is 4.84. The number of aliphatic hydroxyl groups is 1. The Morgan fingerprint density at radius 3 is 2.73 bits per heavy atom. The Morgan fingerprint density at radius 2 is 2.07 bits per heavy atom. The van der Waals surface area contributed by atoms with Crippen LogP contribution in [0.15, 0.2) is 33.2 Å². The van der Waals surface area contributed by atoms with Gasteiger partial charge in [-0.05, 0) is 38.1 Å². The van der Waals surface area contributed by atoms with Gasteiger partial charge in [-0.1, -0.05) is 15.9 Å². The van der Waals surface area contributed by atoms with Gasteiger partial charge in [0, 0.05) is 16.3 Å². The van der Waals surface area contributed by atoms with E-state index in [1.165, 1.54) is 0 Å². The first-order chi connectivity index (χ1) is 6.94. The maximum absolute atomic E-state index is 9.68. The molecule has 0 saturated carbocycles. The van der Waals surface area contributed by atoms with Gasteiger partial charge in [0.2, 0.25) is 0 Å². The molecule has 0 saturated heterocycles. The minimum Gasteiger partial charge on any atom is -0.461 e. The molecule has 0 unspecified atom stereocenters. The van der Waals surface area contributed by atoms with Gasteiger partial charge in [0.1, 0.15) is 11.3 Å². The molecule has 0 fully saturated rings. The third-order valence-corrected chi connectivity index (χ3v) is 2.63. The van der Waals surface area contributed by atoms with E-state index in [2.05, 4.69) is 15.9 Å². The van der Waals surface area contributed by atoms with Crippen molar-refractivity contribution in [2.24, 2.45) is 0 Å². The summed E-state index contributed by atoms with van der Waals surface area (Å²) in [5.41, 5.74) is 0.128. The molecule has 0 aliphatic heterocycles. The van der Waals surface area contributed by atoms with Gasteiger partial charge in [-0.2, -0.15) is 0 Å². The summed E-state index contributed by atoms with van der Waals surface area (Å²) in [5, 5.41) is 10.7. The van der Waals surface area contributed by atoms with Gasteiger partial charge in [-0.3, -0.25) is 0 Å². The number of rotatable bonds is 2. The van der Waals surface area contributed by atoms with E-state index >= 15 is 0 Å². The van der Waals surface area contributed by atoms with Crippen LogP contribution in [0.2, 0.25) is 0 Å². The molecular formula is C12H13BrO2. The zero-order chi connectivity index (χ0) is 11.1. The molecule has 2 rings (SSSR count). The zero-order valence-corrected chi connectivity index (χ0v) is 10.3. The second kappa shape index (κ2) is 3.65. The average molecular weight is 269 g/mol. The highest BCUT2D eigenvalue weighted by molar-refractivity contribution is 9.10. The molecule has 0 amide bonds. The van der Waals surface area contributed by atoms with E-state index in [-0.39, 0.29) is 0 Å². The third kappa shape index (κ3) is 2.61. The lowest BCUT2D eigenvalue weighted by Crippen LogP contribution is -2.21. The fourth-order valence-corrected chi connectivity index (χ4v) is 1.96. The lowest BCUT2D eigenvalue weighted by Gasteiger charge is -2.14. The maximum Gasteiger partial charge on any atom is 0.134 e. The van der Waals surface area contributed by atoms with Crippen LogP contribution in [0.1, 0.15) is 19.6 Å². The third-order valence-electron chi connectivity index (χ3n) is 2.14. The van der Waals surface area contributed by atoms with Crippen LogP contribution in [0.4, 0.5) is 0 Å². The van der Waals surface area contributed by atoms with Crippen molar-refractivity contribution in [2.75, 3.05) is 0 Å². The molecule has 0 radical (unpaired) electrons. The van der Waals surface area contributed by atoms with E-state index in [1.807, 2.05) is 24.3 Å². The van der Waals surface area contributed by atoms with Crippen LogP contribution in [0, 0.1) is 0 Å². The minimum absolute atomic E-state index is 0.527. The van der Waals surface area contributed by atoms with Crippen LogP contribution in [0.25, 0.3) is 11.0 Å². The summed E-state index contributed by atoms with van der Waals surface area (Å²) >= 11 is 3.41. The van der Waals surface area contributed by atoms with Crippen molar-refractivity contribution in [2.45, 2.75) is 25.9 Å². The number of benzene rings is 1. The Labute approximate surface area is 97.0 Å². The average Bonchev–Trinajstić information content (AvgIpc) is 2.42. The Hall–Kier alpha value is -0.800.